The maximum absolute atomic E-state index is 12.4. The number of benzene rings is 2. The Morgan fingerprint density at radius 3 is 2.39 bits per heavy atom. The standard InChI is InChI=1S/C26H32O2/c1-3-4-5-6-7-21-10-14-24(15-11-21)26(27)28-25-18-16-23(17-19-25)22-12-8-20(2)9-13-22/h10-12,14-20H,3-9,13H2,1-2H3/t20-/m0/s1. The van der Waals surface area contributed by atoms with Crippen molar-refractivity contribution in [3.8, 4) is 5.75 Å². The minimum Gasteiger partial charge on any atom is -0.423 e. The molecule has 0 heterocycles. The first-order valence-corrected chi connectivity index (χ1v) is 10.8. The van der Waals surface area contributed by atoms with Crippen molar-refractivity contribution < 1.29 is 9.53 Å². The number of hydrogen-bond donors (Lipinski definition) is 0. The van der Waals surface area contributed by atoms with Crippen molar-refractivity contribution in [3.63, 3.8) is 0 Å². The van der Waals surface area contributed by atoms with Gasteiger partial charge in [-0.1, -0.05) is 63.5 Å². The van der Waals surface area contributed by atoms with Gasteiger partial charge in [-0.3, -0.25) is 0 Å². The van der Waals surface area contributed by atoms with Crippen LogP contribution in [0.15, 0.2) is 54.6 Å². The van der Waals surface area contributed by atoms with E-state index >= 15 is 0 Å². The van der Waals surface area contributed by atoms with Gasteiger partial charge >= 0.3 is 5.97 Å². The van der Waals surface area contributed by atoms with Gasteiger partial charge in [0, 0.05) is 0 Å². The molecule has 0 saturated heterocycles. The molecule has 0 aromatic heterocycles. The number of allylic oxidation sites excluding steroid dienone is 2. The van der Waals surface area contributed by atoms with Crippen LogP contribution < -0.4 is 4.74 Å². The SMILES string of the molecule is CCCCCCc1ccc(C(=O)Oc2ccc(C3=CC[C@H](C)CC3)cc2)cc1. The van der Waals surface area contributed by atoms with Gasteiger partial charge in [0.15, 0.2) is 0 Å². The van der Waals surface area contributed by atoms with E-state index in [9.17, 15) is 4.79 Å². The van der Waals surface area contributed by atoms with Crippen LogP contribution in [0.2, 0.25) is 0 Å². The lowest BCUT2D eigenvalue weighted by atomic mass is 9.88. The van der Waals surface area contributed by atoms with Crippen LogP contribution >= 0.6 is 0 Å². The van der Waals surface area contributed by atoms with Crippen LogP contribution in [-0.2, 0) is 6.42 Å². The first kappa shape index (κ1) is 20.4. The number of hydrogen-bond acceptors (Lipinski definition) is 2. The summed E-state index contributed by atoms with van der Waals surface area (Å²) < 4.78 is 5.55. The molecule has 0 aliphatic heterocycles. The minimum absolute atomic E-state index is 0.295. The summed E-state index contributed by atoms with van der Waals surface area (Å²) in [4.78, 5) is 12.4. The molecule has 2 heteroatoms. The van der Waals surface area contributed by atoms with Crippen LogP contribution in [0.5, 0.6) is 5.75 Å². The van der Waals surface area contributed by atoms with E-state index in [1.807, 2.05) is 36.4 Å². The number of ether oxygens (including phenoxy) is 1. The molecule has 1 aliphatic rings. The number of unbranched alkanes of at least 4 members (excludes halogenated alkanes) is 3. The van der Waals surface area contributed by atoms with Crippen molar-refractivity contribution >= 4 is 11.5 Å². The Hall–Kier alpha value is -2.35. The van der Waals surface area contributed by atoms with E-state index in [0.29, 0.717) is 11.3 Å². The Labute approximate surface area is 169 Å². The van der Waals surface area contributed by atoms with E-state index in [1.165, 1.54) is 48.8 Å². The molecule has 0 unspecified atom stereocenters. The second kappa shape index (κ2) is 10.3. The summed E-state index contributed by atoms with van der Waals surface area (Å²) in [6.07, 6.45) is 12.0. The number of aryl methyl sites for hydroxylation is 1. The molecule has 2 aromatic rings. The minimum atomic E-state index is -0.295. The molecule has 1 aliphatic carbocycles. The summed E-state index contributed by atoms with van der Waals surface area (Å²) in [5.74, 6) is 1.09. The monoisotopic (exact) mass is 376 g/mol. The molecule has 0 spiro atoms. The zero-order valence-corrected chi connectivity index (χ0v) is 17.2. The fourth-order valence-electron chi connectivity index (χ4n) is 3.69. The Balaban J connectivity index is 1.54. The summed E-state index contributed by atoms with van der Waals surface area (Å²) >= 11 is 0. The lowest BCUT2D eigenvalue weighted by Gasteiger charge is -2.18. The normalized spacial score (nSPS) is 16.5. The van der Waals surface area contributed by atoms with E-state index in [-0.39, 0.29) is 5.97 Å². The highest BCUT2D eigenvalue weighted by Gasteiger charge is 2.12. The highest BCUT2D eigenvalue weighted by atomic mass is 16.5. The molecule has 3 rings (SSSR count). The van der Waals surface area contributed by atoms with Crippen molar-refractivity contribution in [1.29, 1.82) is 0 Å². The first-order valence-electron chi connectivity index (χ1n) is 10.8. The molecule has 0 N–H and O–H groups in total. The summed E-state index contributed by atoms with van der Waals surface area (Å²) in [5.41, 5.74) is 4.53. The van der Waals surface area contributed by atoms with Gasteiger partial charge in [0.25, 0.3) is 0 Å². The number of esters is 1. The Morgan fingerprint density at radius 1 is 1.00 bits per heavy atom. The quantitative estimate of drug-likeness (QED) is 0.276. The van der Waals surface area contributed by atoms with Crippen LogP contribution in [0.3, 0.4) is 0 Å². The highest BCUT2D eigenvalue weighted by molar-refractivity contribution is 5.91. The summed E-state index contributed by atoms with van der Waals surface area (Å²) in [5, 5.41) is 0. The zero-order valence-electron chi connectivity index (χ0n) is 17.2. The smallest absolute Gasteiger partial charge is 0.343 e. The van der Waals surface area contributed by atoms with Crippen molar-refractivity contribution in [2.75, 3.05) is 0 Å². The third-order valence-electron chi connectivity index (χ3n) is 5.62. The van der Waals surface area contributed by atoms with Gasteiger partial charge in [-0.15, -0.1) is 0 Å². The molecule has 2 aromatic carbocycles. The van der Waals surface area contributed by atoms with Gasteiger partial charge in [0.2, 0.25) is 0 Å². The zero-order chi connectivity index (χ0) is 19.8. The van der Waals surface area contributed by atoms with Gasteiger partial charge < -0.3 is 4.74 Å². The molecule has 0 bridgehead atoms. The summed E-state index contributed by atoms with van der Waals surface area (Å²) in [7, 11) is 0. The summed E-state index contributed by atoms with van der Waals surface area (Å²) in [6.45, 7) is 4.52. The molecule has 0 saturated carbocycles. The number of carbonyl (C=O) groups excluding carboxylic acids is 1. The molecule has 28 heavy (non-hydrogen) atoms. The molecule has 2 nitrogen and oxygen atoms in total. The molecule has 0 radical (unpaired) electrons. The van der Waals surface area contributed by atoms with Crippen molar-refractivity contribution in [3.05, 3.63) is 71.3 Å². The lowest BCUT2D eigenvalue weighted by molar-refractivity contribution is 0.0734. The van der Waals surface area contributed by atoms with Crippen molar-refractivity contribution in [1.82, 2.24) is 0 Å². The van der Waals surface area contributed by atoms with E-state index < -0.39 is 0 Å². The largest absolute Gasteiger partial charge is 0.423 e. The second-order valence-electron chi connectivity index (χ2n) is 8.03. The van der Waals surface area contributed by atoms with Gasteiger partial charge in [-0.25, -0.2) is 4.79 Å². The van der Waals surface area contributed by atoms with E-state index in [2.05, 4.69) is 32.1 Å². The van der Waals surface area contributed by atoms with E-state index in [1.54, 1.807) is 0 Å². The maximum atomic E-state index is 12.4. The molecule has 0 fully saturated rings. The average Bonchev–Trinajstić information content (AvgIpc) is 2.73. The van der Waals surface area contributed by atoms with E-state index in [4.69, 9.17) is 4.74 Å². The fourth-order valence-corrected chi connectivity index (χ4v) is 3.69. The predicted octanol–water partition coefficient (Wildman–Crippen LogP) is 7.23. The van der Waals surface area contributed by atoms with Crippen LogP contribution in [0.25, 0.3) is 5.57 Å². The van der Waals surface area contributed by atoms with Crippen LogP contribution in [0, 0.1) is 5.92 Å². The predicted molar refractivity (Wildman–Crippen MR) is 117 cm³/mol. The first-order chi connectivity index (χ1) is 13.7. The van der Waals surface area contributed by atoms with Gasteiger partial charge in [-0.05, 0) is 79.0 Å². The average molecular weight is 377 g/mol. The maximum Gasteiger partial charge on any atom is 0.343 e. The van der Waals surface area contributed by atoms with Gasteiger partial charge in [0.05, 0.1) is 5.56 Å². The molecule has 148 valence electrons. The Kier molecular flexibility index (Phi) is 7.47. The number of rotatable bonds is 8. The van der Waals surface area contributed by atoms with Crippen LogP contribution in [-0.4, -0.2) is 5.97 Å². The third-order valence-corrected chi connectivity index (χ3v) is 5.62. The topological polar surface area (TPSA) is 26.3 Å². The van der Waals surface area contributed by atoms with Gasteiger partial charge in [0.1, 0.15) is 5.75 Å². The van der Waals surface area contributed by atoms with E-state index in [0.717, 1.165) is 25.2 Å². The van der Waals surface area contributed by atoms with Crippen LogP contribution in [0.4, 0.5) is 0 Å². The number of carbonyl (C=O) groups is 1. The van der Waals surface area contributed by atoms with Crippen molar-refractivity contribution in [2.45, 2.75) is 65.2 Å². The van der Waals surface area contributed by atoms with Gasteiger partial charge in [-0.2, -0.15) is 0 Å². The second-order valence-corrected chi connectivity index (χ2v) is 8.03. The third kappa shape index (κ3) is 5.82. The molecular weight excluding hydrogens is 344 g/mol. The Morgan fingerprint density at radius 2 is 1.75 bits per heavy atom. The molecular formula is C26H32O2. The highest BCUT2D eigenvalue weighted by Crippen LogP contribution is 2.30. The summed E-state index contributed by atoms with van der Waals surface area (Å²) in [6, 6.07) is 15.8. The molecule has 0 amide bonds. The van der Waals surface area contributed by atoms with Crippen LogP contribution in [0.1, 0.15) is 80.3 Å². The van der Waals surface area contributed by atoms with Crippen molar-refractivity contribution in [2.24, 2.45) is 5.92 Å². The fraction of sp³-hybridized carbons (Fsp3) is 0.423. The Bertz CT molecular complexity index is 784. The molecule has 1 atom stereocenters. The lowest BCUT2D eigenvalue weighted by Crippen LogP contribution is -2.08.